The number of benzene rings is 1. The van der Waals surface area contributed by atoms with Gasteiger partial charge in [0.15, 0.2) is 5.76 Å². The zero-order valence-corrected chi connectivity index (χ0v) is 10.6. The summed E-state index contributed by atoms with van der Waals surface area (Å²) >= 11 is 0. The van der Waals surface area contributed by atoms with Gasteiger partial charge in [-0.05, 0) is 56.5 Å². The van der Waals surface area contributed by atoms with Crippen LogP contribution in [0.5, 0.6) is 0 Å². The quantitative estimate of drug-likeness (QED) is 0.882. The van der Waals surface area contributed by atoms with Crippen molar-refractivity contribution in [2.75, 3.05) is 6.54 Å². The predicted molar refractivity (Wildman–Crippen MR) is 68.9 cm³/mol. The lowest BCUT2D eigenvalue weighted by atomic mass is 9.97. The number of aromatic nitrogens is 1. The fourth-order valence-corrected chi connectivity index (χ4v) is 2.02. The molecular formula is C14H18N2O. The first kappa shape index (κ1) is 11.9. The Hall–Kier alpha value is -1.61. The van der Waals surface area contributed by atoms with Crippen LogP contribution in [0.3, 0.4) is 0 Å². The van der Waals surface area contributed by atoms with Crippen molar-refractivity contribution >= 4 is 0 Å². The molecule has 0 amide bonds. The summed E-state index contributed by atoms with van der Waals surface area (Å²) in [6.07, 6.45) is 2.56. The molecule has 0 unspecified atom stereocenters. The molecule has 3 heteroatoms. The lowest BCUT2D eigenvalue weighted by molar-refractivity contribution is 0.431. The van der Waals surface area contributed by atoms with Gasteiger partial charge in [-0.25, -0.2) is 0 Å². The lowest BCUT2D eigenvalue weighted by Gasteiger charge is -2.08. The van der Waals surface area contributed by atoms with Crippen molar-refractivity contribution in [3.63, 3.8) is 0 Å². The smallest absolute Gasteiger partial charge is 0.170 e. The molecule has 0 atom stereocenters. The first-order chi connectivity index (χ1) is 8.13. The second kappa shape index (κ2) is 4.72. The van der Waals surface area contributed by atoms with Crippen LogP contribution < -0.4 is 5.73 Å². The zero-order valence-electron chi connectivity index (χ0n) is 10.6. The molecule has 2 rings (SSSR count). The lowest BCUT2D eigenvalue weighted by Crippen LogP contribution is -2.03. The Kier molecular flexibility index (Phi) is 3.29. The van der Waals surface area contributed by atoms with E-state index in [4.69, 9.17) is 10.3 Å². The molecule has 1 aromatic carbocycles. The van der Waals surface area contributed by atoms with Gasteiger partial charge in [0.05, 0.1) is 6.20 Å². The molecule has 0 saturated heterocycles. The Morgan fingerprint density at radius 2 is 1.82 bits per heavy atom. The van der Waals surface area contributed by atoms with E-state index >= 15 is 0 Å². The fraction of sp³-hybridized carbons (Fsp3) is 0.357. The maximum atomic E-state index is 5.59. The van der Waals surface area contributed by atoms with Crippen LogP contribution in [0, 0.1) is 20.8 Å². The summed E-state index contributed by atoms with van der Waals surface area (Å²) in [5.41, 5.74) is 11.6. The molecule has 1 aromatic heterocycles. The van der Waals surface area contributed by atoms with Gasteiger partial charge < -0.3 is 10.3 Å². The van der Waals surface area contributed by atoms with Gasteiger partial charge in [0.1, 0.15) is 0 Å². The van der Waals surface area contributed by atoms with E-state index < -0.39 is 0 Å². The maximum absolute atomic E-state index is 5.59. The van der Waals surface area contributed by atoms with E-state index in [1.54, 1.807) is 6.20 Å². The van der Waals surface area contributed by atoms with Crippen LogP contribution >= 0.6 is 0 Å². The van der Waals surface area contributed by atoms with Gasteiger partial charge in [0.25, 0.3) is 0 Å². The van der Waals surface area contributed by atoms with E-state index in [1.807, 2.05) is 0 Å². The van der Waals surface area contributed by atoms with Gasteiger partial charge >= 0.3 is 0 Å². The Balaban J connectivity index is 2.52. The Morgan fingerprint density at radius 1 is 1.12 bits per heavy atom. The highest BCUT2D eigenvalue weighted by atomic mass is 16.5. The highest BCUT2D eigenvalue weighted by Crippen LogP contribution is 2.29. The minimum absolute atomic E-state index is 0.609. The topological polar surface area (TPSA) is 52.0 Å². The standard InChI is InChI=1S/C14H18N2O/c1-9-6-11(3)13(7-10(9)2)14-12(4-5-15)8-16-17-14/h6-8H,4-5,15H2,1-3H3. The van der Waals surface area contributed by atoms with E-state index in [1.165, 1.54) is 16.7 Å². The van der Waals surface area contributed by atoms with E-state index in [2.05, 4.69) is 38.1 Å². The first-order valence-electron chi connectivity index (χ1n) is 5.85. The summed E-state index contributed by atoms with van der Waals surface area (Å²) in [5, 5.41) is 3.88. The van der Waals surface area contributed by atoms with Crippen LogP contribution in [0.2, 0.25) is 0 Å². The maximum Gasteiger partial charge on any atom is 0.170 e. The fourth-order valence-electron chi connectivity index (χ4n) is 2.02. The van der Waals surface area contributed by atoms with Crippen LogP contribution in [0.4, 0.5) is 0 Å². The molecular weight excluding hydrogens is 212 g/mol. The highest BCUT2D eigenvalue weighted by Gasteiger charge is 2.13. The van der Waals surface area contributed by atoms with E-state index in [-0.39, 0.29) is 0 Å². The van der Waals surface area contributed by atoms with E-state index in [9.17, 15) is 0 Å². The Labute approximate surface area is 102 Å². The third-order valence-corrected chi connectivity index (χ3v) is 3.14. The largest absolute Gasteiger partial charge is 0.356 e. The molecule has 0 radical (unpaired) electrons. The average Bonchev–Trinajstić information content (AvgIpc) is 2.72. The SMILES string of the molecule is Cc1cc(C)c(-c2oncc2CCN)cc1C. The van der Waals surface area contributed by atoms with Crippen LogP contribution in [0.1, 0.15) is 22.3 Å². The Bertz CT molecular complexity index is 529. The number of rotatable bonds is 3. The summed E-state index contributed by atoms with van der Waals surface area (Å²) in [6, 6.07) is 4.34. The molecule has 17 heavy (non-hydrogen) atoms. The van der Waals surface area contributed by atoms with Crippen LogP contribution in [0.25, 0.3) is 11.3 Å². The summed E-state index contributed by atoms with van der Waals surface area (Å²) in [5.74, 6) is 0.857. The molecule has 0 spiro atoms. The Morgan fingerprint density at radius 3 is 2.53 bits per heavy atom. The number of aryl methyl sites for hydroxylation is 3. The number of nitrogens with two attached hydrogens (primary N) is 1. The number of nitrogens with zero attached hydrogens (tertiary/aromatic N) is 1. The summed E-state index contributed by atoms with van der Waals surface area (Å²) in [6.45, 7) is 6.93. The molecule has 3 nitrogen and oxygen atoms in total. The van der Waals surface area contributed by atoms with Crippen molar-refractivity contribution in [3.05, 3.63) is 40.6 Å². The summed E-state index contributed by atoms with van der Waals surface area (Å²) in [4.78, 5) is 0. The van der Waals surface area contributed by atoms with Gasteiger partial charge in [-0.2, -0.15) is 0 Å². The summed E-state index contributed by atoms with van der Waals surface area (Å²) < 4.78 is 5.37. The normalized spacial score (nSPS) is 10.8. The molecule has 1 heterocycles. The monoisotopic (exact) mass is 230 g/mol. The minimum atomic E-state index is 0.609. The summed E-state index contributed by atoms with van der Waals surface area (Å²) in [7, 11) is 0. The van der Waals surface area contributed by atoms with E-state index in [0.29, 0.717) is 6.54 Å². The van der Waals surface area contributed by atoms with Crippen LogP contribution in [-0.2, 0) is 6.42 Å². The van der Waals surface area contributed by atoms with E-state index in [0.717, 1.165) is 23.3 Å². The van der Waals surface area contributed by atoms with Crippen molar-refractivity contribution in [2.24, 2.45) is 5.73 Å². The van der Waals surface area contributed by atoms with Crippen molar-refractivity contribution in [1.82, 2.24) is 5.16 Å². The van der Waals surface area contributed by atoms with Crippen molar-refractivity contribution < 1.29 is 4.52 Å². The molecule has 90 valence electrons. The molecule has 0 aliphatic rings. The molecule has 2 aromatic rings. The highest BCUT2D eigenvalue weighted by molar-refractivity contribution is 5.66. The van der Waals surface area contributed by atoms with Crippen molar-refractivity contribution in [2.45, 2.75) is 27.2 Å². The third-order valence-electron chi connectivity index (χ3n) is 3.14. The second-order valence-corrected chi connectivity index (χ2v) is 4.47. The second-order valence-electron chi connectivity index (χ2n) is 4.47. The van der Waals surface area contributed by atoms with Crippen molar-refractivity contribution in [3.8, 4) is 11.3 Å². The number of hydrogen-bond acceptors (Lipinski definition) is 3. The van der Waals surface area contributed by atoms with Gasteiger partial charge in [-0.3, -0.25) is 0 Å². The molecule has 0 aliphatic heterocycles. The molecule has 2 N–H and O–H groups in total. The van der Waals surface area contributed by atoms with Crippen LogP contribution in [0.15, 0.2) is 22.9 Å². The first-order valence-corrected chi connectivity index (χ1v) is 5.85. The van der Waals surface area contributed by atoms with Crippen LogP contribution in [-0.4, -0.2) is 11.7 Å². The van der Waals surface area contributed by atoms with Crippen molar-refractivity contribution in [1.29, 1.82) is 0 Å². The third kappa shape index (κ3) is 2.24. The van der Waals surface area contributed by atoms with Gasteiger partial charge in [0.2, 0.25) is 0 Å². The average molecular weight is 230 g/mol. The van der Waals surface area contributed by atoms with Gasteiger partial charge in [-0.15, -0.1) is 0 Å². The minimum Gasteiger partial charge on any atom is -0.356 e. The van der Waals surface area contributed by atoms with Gasteiger partial charge in [-0.1, -0.05) is 11.2 Å². The number of hydrogen-bond donors (Lipinski definition) is 1. The van der Waals surface area contributed by atoms with Gasteiger partial charge in [0, 0.05) is 11.1 Å². The molecule has 0 aliphatic carbocycles. The zero-order chi connectivity index (χ0) is 12.4. The molecule has 0 saturated carbocycles. The molecule has 0 fully saturated rings. The molecule has 0 bridgehead atoms. The predicted octanol–water partition coefficient (Wildman–Crippen LogP) is 2.77.